The van der Waals surface area contributed by atoms with E-state index in [9.17, 15) is 0 Å². The highest BCUT2D eigenvalue weighted by Gasteiger charge is 2.15. The van der Waals surface area contributed by atoms with Gasteiger partial charge in [0, 0.05) is 5.56 Å². The Morgan fingerprint density at radius 1 is 1.11 bits per heavy atom. The maximum atomic E-state index is 5.84. The second-order valence-electron chi connectivity index (χ2n) is 4.48. The van der Waals surface area contributed by atoms with Gasteiger partial charge in [0.15, 0.2) is 0 Å². The van der Waals surface area contributed by atoms with Gasteiger partial charge in [-0.3, -0.25) is 0 Å². The van der Waals surface area contributed by atoms with Crippen LogP contribution in [-0.2, 0) is 6.42 Å². The van der Waals surface area contributed by atoms with E-state index in [1.54, 1.807) is 7.11 Å². The number of benzene rings is 2. The summed E-state index contributed by atoms with van der Waals surface area (Å²) in [5, 5.41) is 0. The summed E-state index contributed by atoms with van der Waals surface area (Å²) in [7, 11) is 1.69. The van der Waals surface area contributed by atoms with Crippen LogP contribution in [0.3, 0.4) is 0 Å². The third-order valence-electron chi connectivity index (χ3n) is 3.31. The Balaban J connectivity index is 2.10. The molecule has 0 N–H and O–H groups in total. The van der Waals surface area contributed by atoms with Gasteiger partial charge in [-0.1, -0.05) is 30.3 Å². The Morgan fingerprint density at radius 3 is 2.89 bits per heavy atom. The highest BCUT2D eigenvalue weighted by atomic mass is 16.5. The van der Waals surface area contributed by atoms with Crippen LogP contribution in [-0.4, -0.2) is 13.7 Å². The van der Waals surface area contributed by atoms with Crippen molar-refractivity contribution in [2.24, 2.45) is 0 Å². The van der Waals surface area contributed by atoms with E-state index in [0.29, 0.717) is 0 Å². The fourth-order valence-electron chi connectivity index (χ4n) is 2.41. The van der Waals surface area contributed by atoms with Crippen molar-refractivity contribution < 1.29 is 9.47 Å². The SMILES string of the molecule is COc1cccc(-c2cccc3c2OCCC3)c1. The van der Waals surface area contributed by atoms with Gasteiger partial charge in [0.25, 0.3) is 0 Å². The number of ether oxygens (including phenoxy) is 2. The number of rotatable bonds is 2. The standard InChI is InChI=1S/C16H16O2/c1-17-14-8-2-6-13(11-14)15-9-3-5-12-7-4-10-18-16(12)15/h2-3,5-6,8-9,11H,4,7,10H2,1H3. The molecule has 2 heteroatoms. The molecule has 1 aliphatic heterocycles. The Kier molecular flexibility index (Phi) is 2.93. The average molecular weight is 240 g/mol. The van der Waals surface area contributed by atoms with Crippen molar-refractivity contribution in [3.8, 4) is 22.6 Å². The molecule has 0 radical (unpaired) electrons. The molecule has 0 spiro atoms. The van der Waals surface area contributed by atoms with Crippen molar-refractivity contribution in [3.05, 3.63) is 48.0 Å². The lowest BCUT2D eigenvalue weighted by atomic mass is 9.97. The van der Waals surface area contributed by atoms with Crippen LogP contribution in [0.15, 0.2) is 42.5 Å². The summed E-state index contributed by atoms with van der Waals surface area (Å²) in [6, 6.07) is 14.5. The van der Waals surface area contributed by atoms with Gasteiger partial charge in [-0.05, 0) is 36.1 Å². The van der Waals surface area contributed by atoms with Crippen molar-refractivity contribution in [2.75, 3.05) is 13.7 Å². The largest absolute Gasteiger partial charge is 0.497 e. The van der Waals surface area contributed by atoms with E-state index in [0.717, 1.165) is 42.1 Å². The molecule has 0 atom stereocenters. The van der Waals surface area contributed by atoms with Crippen LogP contribution in [0.1, 0.15) is 12.0 Å². The summed E-state index contributed by atoms with van der Waals surface area (Å²) in [4.78, 5) is 0. The summed E-state index contributed by atoms with van der Waals surface area (Å²) in [5.41, 5.74) is 3.61. The summed E-state index contributed by atoms with van der Waals surface area (Å²) >= 11 is 0. The van der Waals surface area contributed by atoms with Gasteiger partial charge >= 0.3 is 0 Å². The summed E-state index contributed by atoms with van der Waals surface area (Å²) < 4.78 is 11.1. The van der Waals surface area contributed by atoms with E-state index < -0.39 is 0 Å². The normalized spacial score (nSPS) is 13.6. The van der Waals surface area contributed by atoms with Crippen LogP contribution in [0, 0.1) is 0 Å². The lowest BCUT2D eigenvalue weighted by molar-refractivity contribution is 0.289. The van der Waals surface area contributed by atoms with Gasteiger partial charge in [-0.15, -0.1) is 0 Å². The predicted octanol–water partition coefficient (Wildman–Crippen LogP) is 3.69. The molecular formula is C16H16O2. The fraction of sp³-hybridized carbons (Fsp3) is 0.250. The fourth-order valence-corrected chi connectivity index (χ4v) is 2.41. The Labute approximate surface area is 107 Å². The van der Waals surface area contributed by atoms with Gasteiger partial charge in [-0.25, -0.2) is 0 Å². The highest BCUT2D eigenvalue weighted by molar-refractivity contribution is 5.73. The number of fused-ring (bicyclic) bond motifs is 1. The molecule has 92 valence electrons. The molecular weight excluding hydrogens is 224 g/mol. The third-order valence-corrected chi connectivity index (χ3v) is 3.31. The second kappa shape index (κ2) is 4.73. The molecule has 3 rings (SSSR count). The Bertz CT molecular complexity index is 561. The van der Waals surface area contributed by atoms with Crippen LogP contribution < -0.4 is 9.47 Å². The zero-order chi connectivity index (χ0) is 12.4. The van der Waals surface area contributed by atoms with Gasteiger partial charge < -0.3 is 9.47 Å². The first kappa shape index (κ1) is 11.1. The number of hydrogen-bond donors (Lipinski definition) is 0. The Hall–Kier alpha value is -1.96. The van der Waals surface area contributed by atoms with Crippen LogP contribution >= 0.6 is 0 Å². The number of para-hydroxylation sites is 1. The molecule has 1 aliphatic rings. The van der Waals surface area contributed by atoms with E-state index in [4.69, 9.17) is 9.47 Å². The molecule has 18 heavy (non-hydrogen) atoms. The van der Waals surface area contributed by atoms with Crippen molar-refractivity contribution in [3.63, 3.8) is 0 Å². The van der Waals surface area contributed by atoms with E-state index in [1.165, 1.54) is 5.56 Å². The lowest BCUT2D eigenvalue weighted by Gasteiger charge is -2.20. The molecule has 0 aliphatic carbocycles. The first-order valence-electron chi connectivity index (χ1n) is 6.27. The van der Waals surface area contributed by atoms with Crippen molar-refractivity contribution in [1.29, 1.82) is 0 Å². The second-order valence-corrected chi connectivity index (χ2v) is 4.48. The molecule has 0 amide bonds. The van der Waals surface area contributed by atoms with Gasteiger partial charge in [0.05, 0.1) is 13.7 Å². The van der Waals surface area contributed by atoms with Gasteiger partial charge in [0.1, 0.15) is 11.5 Å². The minimum absolute atomic E-state index is 0.813. The van der Waals surface area contributed by atoms with Crippen molar-refractivity contribution in [2.45, 2.75) is 12.8 Å². The minimum atomic E-state index is 0.813. The van der Waals surface area contributed by atoms with Crippen LogP contribution in [0.25, 0.3) is 11.1 Å². The lowest BCUT2D eigenvalue weighted by Crippen LogP contribution is -2.09. The molecule has 0 bridgehead atoms. The zero-order valence-corrected chi connectivity index (χ0v) is 10.5. The summed E-state index contributed by atoms with van der Waals surface area (Å²) in [6.07, 6.45) is 2.21. The van der Waals surface area contributed by atoms with E-state index in [2.05, 4.69) is 24.3 Å². The maximum absolute atomic E-state index is 5.84. The summed E-state index contributed by atoms with van der Waals surface area (Å²) in [5.74, 6) is 1.91. The molecule has 2 aromatic carbocycles. The average Bonchev–Trinajstić information content (AvgIpc) is 2.47. The smallest absolute Gasteiger partial charge is 0.130 e. The van der Waals surface area contributed by atoms with Crippen LogP contribution in [0.4, 0.5) is 0 Å². The van der Waals surface area contributed by atoms with E-state index in [-0.39, 0.29) is 0 Å². The predicted molar refractivity (Wildman–Crippen MR) is 72.2 cm³/mol. The minimum Gasteiger partial charge on any atom is -0.497 e. The monoisotopic (exact) mass is 240 g/mol. The molecule has 1 heterocycles. The summed E-state index contributed by atoms with van der Waals surface area (Å²) in [6.45, 7) is 0.813. The quantitative estimate of drug-likeness (QED) is 0.797. The molecule has 0 aromatic heterocycles. The van der Waals surface area contributed by atoms with Crippen LogP contribution in [0.5, 0.6) is 11.5 Å². The van der Waals surface area contributed by atoms with E-state index in [1.807, 2.05) is 18.2 Å². The van der Waals surface area contributed by atoms with Gasteiger partial charge in [0.2, 0.25) is 0 Å². The maximum Gasteiger partial charge on any atom is 0.130 e. The van der Waals surface area contributed by atoms with Crippen LogP contribution in [0.2, 0.25) is 0 Å². The van der Waals surface area contributed by atoms with Crippen molar-refractivity contribution in [1.82, 2.24) is 0 Å². The molecule has 0 saturated carbocycles. The molecule has 0 saturated heterocycles. The number of hydrogen-bond acceptors (Lipinski definition) is 2. The van der Waals surface area contributed by atoms with Gasteiger partial charge in [-0.2, -0.15) is 0 Å². The van der Waals surface area contributed by atoms with E-state index >= 15 is 0 Å². The topological polar surface area (TPSA) is 18.5 Å². The third kappa shape index (κ3) is 1.94. The Morgan fingerprint density at radius 2 is 2.00 bits per heavy atom. The molecule has 0 unspecified atom stereocenters. The molecule has 0 fully saturated rings. The number of aryl methyl sites for hydroxylation is 1. The first-order valence-corrected chi connectivity index (χ1v) is 6.27. The molecule has 2 aromatic rings. The highest BCUT2D eigenvalue weighted by Crippen LogP contribution is 2.37. The number of methoxy groups -OCH3 is 1. The first-order chi connectivity index (χ1) is 8.88. The van der Waals surface area contributed by atoms with Crippen molar-refractivity contribution >= 4 is 0 Å². The zero-order valence-electron chi connectivity index (χ0n) is 10.5. The molecule has 2 nitrogen and oxygen atoms in total.